The van der Waals surface area contributed by atoms with Crippen LogP contribution in [0.3, 0.4) is 0 Å². The Bertz CT molecular complexity index is 347. The van der Waals surface area contributed by atoms with E-state index >= 15 is 0 Å². The lowest BCUT2D eigenvalue weighted by atomic mass is 10.1. The smallest absolute Gasteiger partial charge is 0.322 e. The molecule has 0 aliphatic rings. The van der Waals surface area contributed by atoms with Gasteiger partial charge in [0, 0.05) is 6.42 Å². The number of aliphatic carboxylic acids is 2. The van der Waals surface area contributed by atoms with Gasteiger partial charge in [-0.1, -0.05) is 27.7 Å². The van der Waals surface area contributed by atoms with Gasteiger partial charge in [0.15, 0.2) is 0 Å². The minimum Gasteiger partial charge on any atom is -0.480 e. The van der Waals surface area contributed by atoms with Crippen LogP contribution in [0.25, 0.3) is 0 Å². The highest BCUT2D eigenvalue weighted by Gasteiger charge is 2.13. The standard InChI is InChI=1S/C9H15N3O6.2C2H6/c10-5(9(17)18)1-2-6(13)11-3-7(14)12-4-8(15)16;2*1-2/h5H,1-4,10H2,(H,11,13)(H,12,14)(H,15,16)(H,17,18);2*1-2H3. The number of carboxylic acids is 2. The maximum Gasteiger partial charge on any atom is 0.322 e. The van der Waals surface area contributed by atoms with Crippen molar-refractivity contribution in [3.05, 3.63) is 0 Å². The molecule has 0 saturated carbocycles. The molecule has 0 aromatic rings. The monoisotopic (exact) mass is 321 g/mol. The minimum atomic E-state index is -1.21. The molecule has 0 saturated heterocycles. The van der Waals surface area contributed by atoms with E-state index in [0.717, 1.165) is 0 Å². The van der Waals surface area contributed by atoms with E-state index in [9.17, 15) is 19.2 Å². The van der Waals surface area contributed by atoms with Crippen molar-refractivity contribution < 1.29 is 29.4 Å². The highest BCUT2D eigenvalue weighted by Crippen LogP contribution is 1.94. The van der Waals surface area contributed by atoms with Gasteiger partial charge in [-0.25, -0.2) is 0 Å². The van der Waals surface area contributed by atoms with Gasteiger partial charge < -0.3 is 26.6 Å². The first kappa shape index (κ1) is 24.8. The molecule has 2 amide bonds. The summed E-state index contributed by atoms with van der Waals surface area (Å²) < 4.78 is 0. The number of carbonyl (C=O) groups is 4. The van der Waals surface area contributed by atoms with Gasteiger partial charge in [-0.2, -0.15) is 0 Å². The maximum absolute atomic E-state index is 11.2. The molecule has 0 aliphatic heterocycles. The maximum atomic E-state index is 11.2. The number of nitrogens with one attached hydrogen (secondary N) is 2. The Hall–Kier alpha value is -2.16. The van der Waals surface area contributed by atoms with E-state index in [-0.39, 0.29) is 19.4 Å². The largest absolute Gasteiger partial charge is 0.480 e. The van der Waals surface area contributed by atoms with Crippen molar-refractivity contribution in [2.24, 2.45) is 5.73 Å². The Labute approximate surface area is 130 Å². The second-order valence-electron chi connectivity index (χ2n) is 3.43. The Kier molecular flexibility index (Phi) is 19.1. The summed E-state index contributed by atoms with van der Waals surface area (Å²) >= 11 is 0. The Balaban J connectivity index is -0.000000826. The first-order valence-corrected chi connectivity index (χ1v) is 7.06. The molecule has 9 nitrogen and oxygen atoms in total. The summed E-state index contributed by atoms with van der Waals surface area (Å²) in [5.74, 6) is -3.57. The normalized spacial score (nSPS) is 9.86. The first-order chi connectivity index (χ1) is 10.3. The van der Waals surface area contributed by atoms with Crippen LogP contribution in [0.1, 0.15) is 40.5 Å². The molecule has 0 aromatic heterocycles. The zero-order valence-corrected chi connectivity index (χ0v) is 13.5. The van der Waals surface area contributed by atoms with Crippen molar-refractivity contribution in [2.75, 3.05) is 13.1 Å². The number of hydrogen-bond acceptors (Lipinski definition) is 5. The van der Waals surface area contributed by atoms with Crippen molar-refractivity contribution in [2.45, 2.75) is 46.6 Å². The predicted octanol–water partition coefficient (Wildman–Crippen LogP) is -0.452. The molecule has 22 heavy (non-hydrogen) atoms. The lowest BCUT2D eigenvalue weighted by molar-refractivity contribution is -0.139. The first-order valence-electron chi connectivity index (χ1n) is 7.06. The van der Waals surface area contributed by atoms with Gasteiger partial charge >= 0.3 is 11.9 Å². The summed E-state index contributed by atoms with van der Waals surface area (Å²) in [6, 6.07) is -1.13. The van der Waals surface area contributed by atoms with Gasteiger partial charge in [-0.05, 0) is 6.42 Å². The Morgan fingerprint density at radius 3 is 1.77 bits per heavy atom. The summed E-state index contributed by atoms with van der Waals surface area (Å²) in [4.78, 5) is 42.6. The number of carbonyl (C=O) groups excluding carboxylic acids is 2. The summed E-state index contributed by atoms with van der Waals surface area (Å²) in [6.45, 7) is 7.10. The highest BCUT2D eigenvalue weighted by atomic mass is 16.4. The fourth-order valence-electron chi connectivity index (χ4n) is 0.914. The molecule has 0 fully saturated rings. The molecule has 6 N–H and O–H groups in total. The van der Waals surface area contributed by atoms with E-state index in [4.69, 9.17) is 15.9 Å². The van der Waals surface area contributed by atoms with Gasteiger partial charge in [0.05, 0.1) is 6.54 Å². The molecule has 0 heterocycles. The van der Waals surface area contributed by atoms with Crippen LogP contribution in [0, 0.1) is 0 Å². The van der Waals surface area contributed by atoms with E-state index in [1.54, 1.807) is 0 Å². The average Bonchev–Trinajstić information content (AvgIpc) is 2.52. The quantitative estimate of drug-likeness (QED) is 0.404. The average molecular weight is 321 g/mol. The molecule has 0 spiro atoms. The van der Waals surface area contributed by atoms with Crippen molar-refractivity contribution in [1.29, 1.82) is 0 Å². The molecular weight excluding hydrogens is 294 g/mol. The number of amides is 2. The molecule has 0 aromatic carbocycles. The van der Waals surface area contributed by atoms with Crippen molar-refractivity contribution >= 4 is 23.8 Å². The molecule has 130 valence electrons. The molecule has 1 atom stereocenters. The molecule has 9 heteroatoms. The molecule has 0 bridgehead atoms. The van der Waals surface area contributed by atoms with E-state index < -0.39 is 36.3 Å². The van der Waals surface area contributed by atoms with Crippen LogP contribution in [0.2, 0.25) is 0 Å². The Morgan fingerprint density at radius 1 is 0.909 bits per heavy atom. The van der Waals surface area contributed by atoms with Crippen LogP contribution in [-0.2, 0) is 19.2 Å². The lowest BCUT2D eigenvalue weighted by Crippen LogP contribution is -2.39. The third kappa shape index (κ3) is 17.8. The van der Waals surface area contributed by atoms with Crippen molar-refractivity contribution in [1.82, 2.24) is 10.6 Å². The van der Waals surface area contributed by atoms with E-state index in [0.29, 0.717) is 0 Å². The number of nitrogens with two attached hydrogens (primary N) is 1. The molecule has 0 rings (SSSR count). The lowest BCUT2D eigenvalue weighted by Gasteiger charge is -2.07. The topological polar surface area (TPSA) is 159 Å². The summed E-state index contributed by atoms with van der Waals surface area (Å²) in [5.41, 5.74) is 5.18. The van der Waals surface area contributed by atoms with Gasteiger partial charge in [0.25, 0.3) is 0 Å². The minimum absolute atomic E-state index is 0.0437. The van der Waals surface area contributed by atoms with Crippen LogP contribution in [0.4, 0.5) is 0 Å². The summed E-state index contributed by atoms with van der Waals surface area (Å²) in [5, 5.41) is 21.0. The molecule has 0 aliphatic carbocycles. The summed E-state index contributed by atoms with van der Waals surface area (Å²) in [7, 11) is 0. The second kappa shape index (κ2) is 16.9. The SMILES string of the molecule is CC.CC.NC(CCC(=O)NCC(=O)NCC(=O)O)C(=O)O. The van der Waals surface area contributed by atoms with E-state index in [1.165, 1.54) is 0 Å². The number of rotatable bonds is 8. The molecule has 0 radical (unpaired) electrons. The van der Waals surface area contributed by atoms with Crippen LogP contribution in [0.5, 0.6) is 0 Å². The zero-order chi connectivity index (χ0) is 18.1. The van der Waals surface area contributed by atoms with Gasteiger partial charge in [0.1, 0.15) is 12.6 Å². The third-order valence-corrected chi connectivity index (χ3v) is 1.88. The summed E-state index contributed by atoms with van der Waals surface area (Å²) in [6.07, 6.45) is -0.169. The fourth-order valence-corrected chi connectivity index (χ4v) is 0.914. The number of hydrogen-bond donors (Lipinski definition) is 5. The fraction of sp³-hybridized carbons (Fsp3) is 0.692. The molecule has 1 unspecified atom stereocenters. The van der Waals surface area contributed by atoms with Gasteiger partial charge in [-0.3, -0.25) is 19.2 Å². The van der Waals surface area contributed by atoms with Crippen LogP contribution in [0.15, 0.2) is 0 Å². The van der Waals surface area contributed by atoms with E-state index in [2.05, 4.69) is 5.32 Å². The van der Waals surface area contributed by atoms with Crippen LogP contribution >= 0.6 is 0 Å². The number of carboxylic acid groups (broad SMARTS) is 2. The van der Waals surface area contributed by atoms with Crippen molar-refractivity contribution in [3.8, 4) is 0 Å². The second-order valence-corrected chi connectivity index (χ2v) is 3.43. The van der Waals surface area contributed by atoms with Gasteiger partial charge in [0.2, 0.25) is 11.8 Å². The molecular formula is C13H27N3O6. The predicted molar refractivity (Wildman–Crippen MR) is 81.2 cm³/mol. The van der Waals surface area contributed by atoms with Crippen LogP contribution in [-0.4, -0.2) is 53.1 Å². The van der Waals surface area contributed by atoms with Crippen molar-refractivity contribution in [3.63, 3.8) is 0 Å². The Morgan fingerprint density at radius 2 is 1.36 bits per heavy atom. The van der Waals surface area contributed by atoms with E-state index in [1.807, 2.05) is 33.0 Å². The highest BCUT2D eigenvalue weighted by molar-refractivity contribution is 5.86. The third-order valence-electron chi connectivity index (χ3n) is 1.88. The van der Waals surface area contributed by atoms with Gasteiger partial charge in [-0.15, -0.1) is 0 Å². The van der Waals surface area contributed by atoms with Crippen LogP contribution < -0.4 is 16.4 Å². The zero-order valence-electron chi connectivity index (χ0n) is 13.5.